The molecule has 2 heterocycles. The molecule has 124 valence electrons. The minimum absolute atomic E-state index is 0.195. The summed E-state index contributed by atoms with van der Waals surface area (Å²) in [6, 6.07) is 0. The lowest BCUT2D eigenvalue weighted by molar-refractivity contribution is 0.367. The van der Waals surface area contributed by atoms with Gasteiger partial charge in [0.2, 0.25) is 0 Å². The largest absolute Gasteiger partial charge is 0.383 e. The zero-order valence-corrected chi connectivity index (χ0v) is 14.2. The molecule has 0 saturated heterocycles. The van der Waals surface area contributed by atoms with Gasteiger partial charge in [0, 0.05) is 11.6 Å². The number of fused-ring (bicyclic) bond motifs is 2. The third-order valence-electron chi connectivity index (χ3n) is 4.61. The van der Waals surface area contributed by atoms with Gasteiger partial charge in [-0.3, -0.25) is 0 Å². The molecule has 0 bridgehead atoms. The fraction of sp³-hybridized carbons (Fsp3) is 0.389. The number of nitrogens with two attached hydrogens (primary N) is 1. The summed E-state index contributed by atoms with van der Waals surface area (Å²) in [5.74, 6) is 2.08. The maximum atomic E-state index is 6.13. The number of nitrogens with zero attached hydrogens (tertiary/aromatic N) is 4. The van der Waals surface area contributed by atoms with Crippen LogP contribution in [0.1, 0.15) is 27.2 Å². The topological polar surface area (TPSA) is 81.7 Å². The molecule has 3 N–H and O–H groups in total. The van der Waals surface area contributed by atoms with Gasteiger partial charge in [-0.05, 0) is 33.1 Å². The van der Waals surface area contributed by atoms with Crippen molar-refractivity contribution >= 4 is 22.7 Å². The monoisotopic (exact) mass is 322 g/mol. The predicted molar refractivity (Wildman–Crippen MR) is 96.3 cm³/mol. The third-order valence-corrected chi connectivity index (χ3v) is 4.61. The molecule has 2 aromatic rings. The number of anilines is 2. The zero-order valence-electron chi connectivity index (χ0n) is 14.2. The highest BCUT2D eigenvalue weighted by Gasteiger charge is 2.29. The molecule has 2 aliphatic carbocycles. The molecule has 0 radical (unpaired) electrons. The highest BCUT2D eigenvalue weighted by atomic mass is 15.4. The summed E-state index contributed by atoms with van der Waals surface area (Å²) in [5.41, 5.74) is 7.86. The summed E-state index contributed by atoms with van der Waals surface area (Å²) < 4.78 is 1.91. The van der Waals surface area contributed by atoms with Crippen LogP contribution in [-0.4, -0.2) is 19.7 Å². The summed E-state index contributed by atoms with van der Waals surface area (Å²) in [7, 11) is 0. The molecule has 0 saturated carbocycles. The van der Waals surface area contributed by atoms with E-state index in [1.165, 1.54) is 12.0 Å². The van der Waals surface area contributed by atoms with E-state index in [1.807, 2.05) is 4.68 Å². The second-order valence-electron chi connectivity index (χ2n) is 7.37. The summed E-state index contributed by atoms with van der Waals surface area (Å²) >= 11 is 0. The van der Waals surface area contributed by atoms with Crippen LogP contribution in [0.2, 0.25) is 0 Å². The highest BCUT2D eigenvalue weighted by Crippen LogP contribution is 2.38. The van der Waals surface area contributed by atoms with Gasteiger partial charge in [-0.2, -0.15) is 5.10 Å². The molecule has 24 heavy (non-hydrogen) atoms. The Balaban J connectivity index is 1.78. The van der Waals surface area contributed by atoms with Crippen LogP contribution in [0.5, 0.6) is 0 Å². The van der Waals surface area contributed by atoms with E-state index < -0.39 is 0 Å². The number of hydrogen-bond donors (Lipinski definition) is 2. The van der Waals surface area contributed by atoms with E-state index in [1.54, 1.807) is 0 Å². The molecule has 0 spiro atoms. The van der Waals surface area contributed by atoms with Crippen LogP contribution in [0.25, 0.3) is 11.0 Å². The number of nitrogens with one attached hydrogen (secondary N) is 1. The summed E-state index contributed by atoms with van der Waals surface area (Å²) in [6.45, 7) is 6.29. The fourth-order valence-electron chi connectivity index (χ4n) is 3.41. The molecular weight excluding hydrogens is 300 g/mol. The van der Waals surface area contributed by atoms with Crippen LogP contribution in [0.15, 0.2) is 42.4 Å². The first kappa shape index (κ1) is 14.9. The van der Waals surface area contributed by atoms with Crippen LogP contribution < -0.4 is 11.1 Å². The van der Waals surface area contributed by atoms with Gasteiger partial charge in [0.25, 0.3) is 0 Å². The first-order chi connectivity index (χ1) is 11.4. The first-order valence-electron chi connectivity index (χ1n) is 8.27. The highest BCUT2D eigenvalue weighted by molar-refractivity contribution is 5.96. The summed E-state index contributed by atoms with van der Waals surface area (Å²) in [6.07, 6.45) is 13.5. The minimum Gasteiger partial charge on any atom is -0.383 e. The molecule has 2 atom stereocenters. The second kappa shape index (κ2) is 5.19. The maximum Gasteiger partial charge on any atom is 0.166 e. The van der Waals surface area contributed by atoms with Crippen molar-refractivity contribution < 1.29 is 0 Å². The average molecular weight is 322 g/mol. The van der Waals surface area contributed by atoms with E-state index in [4.69, 9.17) is 10.8 Å². The lowest BCUT2D eigenvalue weighted by Crippen LogP contribution is -2.23. The average Bonchev–Trinajstić information content (AvgIpc) is 3.11. The Labute approximate surface area is 141 Å². The van der Waals surface area contributed by atoms with Crippen molar-refractivity contribution in [2.24, 2.45) is 11.8 Å². The van der Waals surface area contributed by atoms with Gasteiger partial charge in [-0.1, -0.05) is 30.4 Å². The normalized spacial score (nSPS) is 22.7. The number of hydrogen-bond acceptors (Lipinski definition) is 5. The van der Waals surface area contributed by atoms with Crippen molar-refractivity contribution in [1.29, 1.82) is 0 Å². The van der Waals surface area contributed by atoms with Crippen molar-refractivity contribution in [2.75, 3.05) is 11.1 Å². The number of nitrogen functional groups attached to an aromatic ring is 1. The third kappa shape index (κ3) is 2.29. The van der Waals surface area contributed by atoms with Crippen LogP contribution >= 0.6 is 0 Å². The Bertz CT molecular complexity index is 881. The van der Waals surface area contributed by atoms with E-state index in [9.17, 15) is 0 Å². The summed E-state index contributed by atoms with van der Waals surface area (Å²) in [5, 5.41) is 9.05. The SMILES string of the molecule is CC(C)(C)n1nc(NC2=CCC3C=CC=CC23)c2c(N)ncnc21. The second-order valence-corrected chi connectivity index (χ2v) is 7.37. The summed E-state index contributed by atoms with van der Waals surface area (Å²) in [4.78, 5) is 8.56. The molecular formula is C18H22N6. The molecule has 0 amide bonds. The van der Waals surface area contributed by atoms with Crippen LogP contribution in [-0.2, 0) is 5.54 Å². The van der Waals surface area contributed by atoms with Gasteiger partial charge in [-0.25, -0.2) is 14.6 Å². The lowest BCUT2D eigenvalue weighted by atomic mass is 9.90. The Hall–Kier alpha value is -2.63. The van der Waals surface area contributed by atoms with Crippen molar-refractivity contribution in [3.63, 3.8) is 0 Å². The Morgan fingerprint density at radius 3 is 2.79 bits per heavy atom. The van der Waals surface area contributed by atoms with E-state index >= 15 is 0 Å². The number of rotatable bonds is 2. The molecule has 2 aromatic heterocycles. The van der Waals surface area contributed by atoms with Crippen molar-refractivity contribution in [1.82, 2.24) is 19.7 Å². The molecule has 0 aliphatic heterocycles. The molecule has 2 unspecified atom stereocenters. The van der Waals surface area contributed by atoms with Crippen molar-refractivity contribution in [3.8, 4) is 0 Å². The van der Waals surface area contributed by atoms with Gasteiger partial charge in [0.15, 0.2) is 11.5 Å². The molecule has 2 aliphatic rings. The van der Waals surface area contributed by atoms with E-state index in [0.29, 0.717) is 17.7 Å². The maximum absolute atomic E-state index is 6.13. The minimum atomic E-state index is -0.195. The lowest BCUT2D eigenvalue weighted by Gasteiger charge is -2.20. The number of aromatic nitrogens is 4. The van der Waals surface area contributed by atoms with E-state index in [-0.39, 0.29) is 5.54 Å². The molecule has 6 nitrogen and oxygen atoms in total. The zero-order chi connectivity index (χ0) is 16.9. The van der Waals surface area contributed by atoms with Gasteiger partial charge in [0.05, 0.1) is 5.54 Å². The van der Waals surface area contributed by atoms with Gasteiger partial charge in [0.1, 0.15) is 17.5 Å². The van der Waals surface area contributed by atoms with Crippen molar-refractivity contribution in [3.05, 3.63) is 42.4 Å². The van der Waals surface area contributed by atoms with Gasteiger partial charge < -0.3 is 11.1 Å². The standard InChI is InChI=1S/C18H22N6/c1-18(2,3)24-17-14(15(19)20-10-21-17)16(23-24)22-13-9-8-11-6-4-5-7-12(11)13/h4-7,9-12H,8H2,1-3H3,(H,22,23)(H2,19,20,21). The van der Waals surface area contributed by atoms with E-state index in [0.717, 1.165) is 23.3 Å². The molecule has 0 aromatic carbocycles. The smallest absolute Gasteiger partial charge is 0.166 e. The number of allylic oxidation sites excluding steroid dienone is 5. The molecule has 4 rings (SSSR count). The van der Waals surface area contributed by atoms with Gasteiger partial charge in [-0.15, -0.1) is 0 Å². The van der Waals surface area contributed by atoms with Crippen molar-refractivity contribution in [2.45, 2.75) is 32.7 Å². The van der Waals surface area contributed by atoms with Crippen LogP contribution in [0.4, 0.5) is 11.6 Å². The Kier molecular flexibility index (Phi) is 3.23. The van der Waals surface area contributed by atoms with E-state index in [2.05, 4.69) is 66.4 Å². The molecule has 6 heteroatoms. The first-order valence-corrected chi connectivity index (χ1v) is 8.27. The van der Waals surface area contributed by atoms with Gasteiger partial charge >= 0.3 is 0 Å². The predicted octanol–water partition coefficient (Wildman–Crippen LogP) is 3.22. The molecule has 0 fully saturated rings. The fourth-order valence-corrected chi connectivity index (χ4v) is 3.41. The Morgan fingerprint density at radius 2 is 2.00 bits per heavy atom. The van der Waals surface area contributed by atoms with Crippen LogP contribution in [0, 0.1) is 11.8 Å². The Morgan fingerprint density at radius 1 is 1.21 bits per heavy atom. The quantitative estimate of drug-likeness (QED) is 0.887. The van der Waals surface area contributed by atoms with Crippen LogP contribution in [0.3, 0.4) is 0 Å².